The predicted molar refractivity (Wildman–Crippen MR) is 72.8 cm³/mol. The van der Waals surface area contributed by atoms with Crippen molar-refractivity contribution < 1.29 is 9.47 Å². The number of benzene rings is 1. The molecular weight excluding hydrogens is 248 g/mol. The summed E-state index contributed by atoms with van der Waals surface area (Å²) in [6, 6.07) is 6.03. The second-order valence-corrected chi connectivity index (χ2v) is 5.04. The highest BCUT2D eigenvalue weighted by Crippen LogP contribution is 2.38. The standard InChI is InChI=1S/C13H14N2O2S/c1-8-12(18-13(14-2)15-8)9-3-4-10-11(7-9)17-6-5-16-10/h3-4,7H,5-6H2,1-2H3,(H,14,15). The fourth-order valence-corrected chi connectivity index (χ4v) is 2.87. The smallest absolute Gasteiger partial charge is 0.183 e. The van der Waals surface area contributed by atoms with E-state index in [2.05, 4.69) is 10.3 Å². The number of nitrogens with one attached hydrogen (secondary N) is 1. The number of fused-ring (bicyclic) bond motifs is 1. The first-order chi connectivity index (χ1) is 8.78. The lowest BCUT2D eigenvalue weighted by Crippen LogP contribution is -2.15. The Balaban J connectivity index is 2.03. The van der Waals surface area contributed by atoms with E-state index < -0.39 is 0 Å². The fourth-order valence-electron chi connectivity index (χ4n) is 1.96. The summed E-state index contributed by atoms with van der Waals surface area (Å²) in [6.45, 7) is 3.25. The third-order valence-electron chi connectivity index (χ3n) is 2.81. The highest BCUT2D eigenvalue weighted by molar-refractivity contribution is 7.19. The van der Waals surface area contributed by atoms with Crippen molar-refractivity contribution in [2.75, 3.05) is 25.6 Å². The molecule has 0 unspecified atom stereocenters. The van der Waals surface area contributed by atoms with Crippen molar-refractivity contribution in [3.63, 3.8) is 0 Å². The molecule has 0 saturated carbocycles. The van der Waals surface area contributed by atoms with Gasteiger partial charge in [-0.3, -0.25) is 0 Å². The van der Waals surface area contributed by atoms with Gasteiger partial charge in [-0.2, -0.15) is 0 Å². The van der Waals surface area contributed by atoms with Crippen LogP contribution >= 0.6 is 11.3 Å². The first-order valence-electron chi connectivity index (χ1n) is 5.83. The quantitative estimate of drug-likeness (QED) is 0.903. The van der Waals surface area contributed by atoms with E-state index in [9.17, 15) is 0 Å². The maximum atomic E-state index is 5.60. The highest BCUT2D eigenvalue weighted by atomic mass is 32.1. The molecule has 94 valence electrons. The fraction of sp³-hybridized carbons (Fsp3) is 0.308. The SMILES string of the molecule is CNc1nc(C)c(-c2ccc3c(c2)OCCO3)s1. The molecule has 0 spiro atoms. The first kappa shape index (κ1) is 11.3. The molecule has 0 saturated heterocycles. The Morgan fingerprint density at radius 3 is 2.72 bits per heavy atom. The van der Waals surface area contributed by atoms with Crippen LogP contribution in [0.5, 0.6) is 11.5 Å². The summed E-state index contributed by atoms with van der Waals surface area (Å²) in [7, 11) is 1.88. The van der Waals surface area contributed by atoms with Gasteiger partial charge in [0.1, 0.15) is 13.2 Å². The van der Waals surface area contributed by atoms with Gasteiger partial charge < -0.3 is 14.8 Å². The summed E-state index contributed by atoms with van der Waals surface area (Å²) in [5.41, 5.74) is 2.15. The highest BCUT2D eigenvalue weighted by Gasteiger charge is 2.15. The van der Waals surface area contributed by atoms with E-state index in [0.29, 0.717) is 13.2 Å². The molecule has 1 aliphatic rings. The van der Waals surface area contributed by atoms with Crippen molar-refractivity contribution in [1.82, 2.24) is 4.98 Å². The number of rotatable bonds is 2. The minimum absolute atomic E-state index is 0.611. The number of anilines is 1. The Labute approximate surface area is 110 Å². The van der Waals surface area contributed by atoms with E-state index in [1.54, 1.807) is 11.3 Å². The van der Waals surface area contributed by atoms with Gasteiger partial charge in [-0.1, -0.05) is 11.3 Å². The second kappa shape index (κ2) is 4.49. The number of thiazole rings is 1. The lowest BCUT2D eigenvalue weighted by Gasteiger charge is -2.18. The Morgan fingerprint density at radius 2 is 2.00 bits per heavy atom. The molecule has 2 aromatic rings. The van der Waals surface area contributed by atoms with Gasteiger partial charge in [0.25, 0.3) is 0 Å². The topological polar surface area (TPSA) is 43.4 Å². The molecule has 1 aliphatic heterocycles. The molecule has 0 atom stereocenters. The van der Waals surface area contributed by atoms with Crippen LogP contribution in [0.2, 0.25) is 0 Å². The summed E-state index contributed by atoms with van der Waals surface area (Å²) >= 11 is 1.64. The Kier molecular flexibility index (Phi) is 2.83. The van der Waals surface area contributed by atoms with Gasteiger partial charge in [0.15, 0.2) is 16.6 Å². The minimum atomic E-state index is 0.611. The monoisotopic (exact) mass is 262 g/mol. The van der Waals surface area contributed by atoms with E-state index in [4.69, 9.17) is 9.47 Å². The number of aryl methyl sites for hydroxylation is 1. The van der Waals surface area contributed by atoms with E-state index in [-0.39, 0.29) is 0 Å². The number of hydrogen-bond donors (Lipinski definition) is 1. The molecular formula is C13H14N2O2S. The molecule has 3 rings (SSSR count). The van der Waals surface area contributed by atoms with Crippen LogP contribution in [-0.2, 0) is 0 Å². The molecule has 5 heteroatoms. The number of nitrogens with zero attached hydrogens (tertiary/aromatic N) is 1. The lowest BCUT2D eigenvalue weighted by molar-refractivity contribution is 0.171. The molecule has 18 heavy (non-hydrogen) atoms. The lowest BCUT2D eigenvalue weighted by atomic mass is 10.1. The van der Waals surface area contributed by atoms with Gasteiger partial charge in [0, 0.05) is 7.05 Å². The number of hydrogen-bond acceptors (Lipinski definition) is 5. The van der Waals surface area contributed by atoms with Crippen molar-refractivity contribution in [2.45, 2.75) is 6.92 Å². The molecule has 1 aromatic heterocycles. The van der Waals surface area contributed by atoms with Crippen LogP contribution in [0.25, 0.3) is 10.4 Å². The van der Waals surface area contributed by atoms with Gasteiger partial charge in [-0.15, -0.1) is 0 Å². The molecule has 0 radical (unpaired) electrons. The average Bonchev–Trinajstić information content (AvgIpc) is 2.79. The molecule has 4 nitrogen and oxygen atoms in total. The molecule has 1 aromatic carbocycles. The van der Waals surface area contributed by atoms with Crippen LogP contribution in [0.1, 0.15) is 5.69 Å². The van der Waals surface area contributed by atoms with Crippen LogP contribution in [0.4, 0.5) is 5.13 Å². The summed E-state index contributed by atoms with van der Waals surface area (Å²) in [4.78, 5) is 5.62. The van der Waals surface area contributed by atoms with Gasteiger partial charge in [0.2, 0.25) is 0 Å². The van der Waals surface area contributed by atoms with Crippen LogP contribution < -0.4 is 14.8 Å². The van der Waals surface area contributed by atoms with Crippen molar-refractivity contribution >= 4 is 16.5 Å². The number of ether oxygens (including phenoxy) is 2. The zero-order valence-electron chi connectivity index (χ0n) is 10.3. The molecule has 0 aliphatic carbocycles. The second-order valence-electron chi connectivity index (χ2n) is 4.04. The molecule has 2 heterocycles. The minimum Gasteiger partial charge on any atom is -0.486 e. The van der Waals surface area contributed by atoms with Crippen molar-refractivity contribution in [3.8, 4) is 21.9 Å². The molecule has 0 amide bonds. The Bertz CT molecular complexity index is 580. The Morgan fingerprint density at radius 1 is 1.22 bits per heavy atom. The zero-order valence-corrected chi connectivity index (χ0v) is 11.1. The first-order valence-corrected chi connectivity index (χ1v) is 6.65. The maximum absolute atomic E-state index is 5.60. The van der Waals surface area contributed by atoms with Crippen LogP contribution in [0, 0.1) is 6.92 Å². The summed E-state index contributed by atoms with van der Waals surface area (Å²) < 4.78 is 11.1. The average molecular weight is 262 g/mol. The zero-order chi connectivity index (χ0) is 12.5. The van der Waals surface area contributed by atoms with Crippen LogP contribution in [0.3, 0.4) is 0 Å². The van der Waals surface area contributed by atoms with E-state index >= 15 is 0 Å². The van der Waals surface area contributed by atoms with Gasteiger partial charge in [-0.25, -0.2) is 4.98 Å². The van der Waals surface area contributed by atoms with E-state index in [1.165, 1.54) is 0 Å². The van der Waals surface area contributed by atoms with Crippen molar-refractivity contribution in [1.29, 1.82) is 0 Å². The van der Waals surface area contributed by atoms with Crippen LogP contribution in [-0.4, -0.2) is 25.2 Å². The van der Waals surface area contributed by atoms with Gasteiger partial charge >= 0.3 is 0 Å². The van der Waals surface area contributed by atoms with Crippen molar-refractivity contribution in [2.24, 2.45) is 0 Å². The van der Waals surface area contributed by atoms with Gasteiger partial charge in [0.05, 0.1) is 10.6 Å². The molecule has 0 bridgehead atoms. The van der Waals surface area contributed by atoms with Gasteiger partial charge in [-0.05, 0) is 30.7 Å². The third-order valence-corrected chi connectivity index (χ3v) is 4.04. The maximum Gasteiger partial charge on any atom is 0.183 e. The normalized spacial score (nSPS) is 13.4. The van der Waals surface area contributed by atoms with Crippen LogP contribution in [0.15, 0.2) is 18.2 Å². The van der Waals surface area contributed by atoms with E-state index in [0.717, 1.165) is 32.8 Å². The third kappa shape index (κ3) is 1.90. The summed E-state index contributed by atoms with van der Waals surface area (Å²) in [6.07, 6.45) is 0. The van der Waals surface area contributed by atoms with Crippen molar-refractivity contribution in [3.05, 3.63) is 23.9 Å². The largest absolute Gasteiger partial charge is 0.486 e. The summed E-state index contributed by atoms with van der Waals surface area (Å²) in [5.74, 6) is 1.64. The molecule has 0 fully saturated rings. The Hall–Kier alpha value is -1.75. The summed E-state index contributed by atoms with van der Waals surface area (Å²) in [5, 5.41) is 4.00. The molecule has 1 N–H and O–H groups in total. The predicted octanol–water partition coefficient (Wildman–Crippen LogP) is 2.93. The van der Waals surface area contributed by atoms with E-state index in [1.807, 2.05) is 32.2 Å². The number of aromatic nitrogens is 1.